The van der Waals surface area contributed by atoms with Gasteiger partial charge in [-0.15, -0.1) is 0 Å². The molecule has 0 unspecified atom stereocenters. The third-order valence-electron chi connectivity index (χ3n) is 6.80. The Bertz CT molecular complexity index is 1480. The molecule has 5 aromatic carbocycles. The van der Waals surface area contributed by atoms with Crippen LogP contribution in [0.5, 0.6) is 0 Å². The number of hydrogen-bond donors (Lipinski definition) is 2. The highest BCUT2D eigenvalue weighted by Crippen LogP contribution is 2.47. The molecule has 0 saturated carbocycles. The third-order valence-corrected chi connectivity index (χ3v) is 10.0. The van der Waals surface area contributed by atoms with E-state index in [9.17, 15) is 0 Å². The van der Waals surface area contributed by atoms with Gasteiger partial charge >= 0.3 is 0 Å². The zero-order valence-electron chi connectivity index (χ0n) is 22.0. The molecule has 4 nitrogen and oxygen atoms in total. The second-order valence-corrected chi connectivity index (χ2v) is 12.9. The minimum Gasteiger partial charge on any atom is -0.399 e. The van der Waals surface area contributed by atoms with E-state index in [-0.39, 0.29) is 0 Å². The molecule has 4 N–H and O–H groups in total. The molecule has 0 atom stereocenters. The van der Waals surface area contributed by atoms with E-state index < -0.39 is 7.05 Å². The summed E-state index contributed by atoms with van der Waals surface area (Å²) >= 11 is 0. The maximum atomic E-state index is 5.97. The van der Waals surface area contributed by atoms with Gasteiger partial charge in [-0.1, -0.05) is 59.7 Å². The minimum absolute atomic E-state index is 0.732. The van der Waals surface area contributed by atoms with Crippen molar-refractivity contribution >= 4 is 51.8 Å². The van der Waals surface area contributed by atoms with Crippen molar-refractivity contribution in [1.82, 2.24) is 0 Å². The molecule has 0 heterocycles. The zero-order chi connectivity index (χ0) is 26.7. The van der Waals surface area contributed by atoms with Crippen molar-refractivity contribution in [2.75, 3.05) is 23.0 Å². The Morgan fingerprint density at radius 2 is 0.842 bits per heavy atom. The molecule has 0 aliphatic carbocycles. The van der Waals surface area contributed by atoms with Gasteiger partial charge in [0, 0.05) is 35.5 Å². The number of benzene rings is 5. The van der Waals surface area contributed by atoms with Crippen LogP contribution in [0.4, 0.5) is 34.1 Å². The number of rotatable bonds is 6. The van der Waals surface area contributed by atoms with Crippen molar-refractivity contribution in [1.29, 1.82) is 0 Å². The minimum atomic E-state index is -2.02. The Labute approximate surface area is 225 Å². The first-order valence-corrected chi connectivity index (χ1v) is 14.9. The molecule has 38 heavy (non-hydrogen) atoms. The highest BCUT2D eigenvalue weighted by molar-refractivity contribution is 7.80. The monoisotopic (exact) mass is 516 g/mol. The van der Waals surface area contributed by atoms with E-state index in [2.05, 4.69) is 98.2 Å². The van der Waals surface area contributed by atoms with E-state index >= 15 is 0 Å². The number of nitrogen functional groups attached to an aromatic ring is 2. The molecule has 0 radical (unpaired) electrons. The summed E-state index contributed by atoms with van der Waals surface area (Å²) in [7, 11) is -2.02. The van der Waals surface area contributed by atoms with Gasteiger partial charge in [0.15, 0.2) is 0 Å². The molecule has 190 valence electrons. The van der Waals surface area contributed by atoms with Crippen molar-refractivity contribution in [2.24, 2.45) is 4.74 Å². The summed E-state index contributed by atoms with van der Waals surface area (Å²) in [6.45, 7) is 6.54. The van der Waals surface area contributed by atoms with Crippen molar-refractivity contribution < 1.29 is 0 Å². The molecule has 0 spiro atoms. The average Bonchev–Trinajstić information content (AvgIpc) is 2.92. The fraction of sp³-hybridized carbons (Fsp3) is 0.0909. The quantitative estimate of drug-likeness (QED) is 0.177. The van der Waals surface area contributed by atoms with Gasteiger partial charge in [0.1, 0.15) is 0 Å². The lowest BCUT2D eigenvalue weighted by molar-refractivity contribution is 1.28. The highest BCUT2D eigenvalue weighted by Gasteiger charge is 2.20. The van der Waals surface area contributed by atoms with Crippen LogP contribution in [-0.4, -0.2) is 6.66 Å². The van der Waals surface area contributed by atoms with Crippen molar-refractivity contribution in [3.8, 4) is 0 Å². The predicted molar refractivity (Wildman–Crippen MR) is 167 cm³/mol. The van der Waals surface area contributed by atoms with Crippen LogP contribution in [-0.2, 0) is 0 Å². The summed E-state index contributed by atoms with van der Waals surface area (Å²) in [5.74, 6) is 0. The van der Waals surface area contributed by atoms with E-state index in [1.165, 1.54) is 21.7 Å². The van der Waals surface area contributed by atoms with Crippen molar-refractivity contribution in [2.45, 2.75) is 13.8 Å². The van der Waals surface area contributed by atoms with E-state index in [1.54, 1.807) is 0 Å². The van der Waals surface area contributed by atoms with Crippen LogP contribution in [0.15, 0.2) is 126 Å². The first-order chi connectivity index (χ1) is 18.3. The summed E-state index contributed by atoms with van der Waals surface area (Å²) < 4.78 is 5.42. The first kappa shape index (κ1) is 25.4. The Hall–Kier alpha value is -4.27. The van der Waals surface area contributed by atoms with Gasteiger partial charge in [0.2, 0.25) is 0 Å². The van der Waals surface area contributed by atoms with Crippen LogP contribution in [0.25, 0.3) is 0 Å². The van der Waals surface area contributed by atoms with Crippen LogP contribution in [0.3, 0.4) is 0 Å². The van der Waals surface area contributed by atoms with Crippen LogP contribution >= 0.6 is 7.05 Å². The fourth-order valence-corrected chi connectivity index (χ4v) is 7.11. The van der Waals surface area contributed by atoms with Crippen LogP contribution in [0, 0.1) is 13.8 Å². The number of nitrogens with two attached hydrogens (primary N) is 2. The smallest absolute Gasteiger partial charge is 0.0622 e. The molecule has 0 aromatic heterocycles. The number of nitrogens with zero attached hydrogens (tertiary/aromatic N) is 2. The molecule has 0 amide bonds. The van der Waals surface area contributed by atoms with E-state index in [0.29, 0.717) is 0 Å². The topological polar surface area (TPSA) is 67.6 Å². The fourth-order valence-electron chi connectivity index (χ4n) is 4.53. The average molecular weight is 517 g/mol. The van der Waals surface area contributed by atoms with E-state index in [1.807, 2.05) is 48.5 Å². The maximum Gasteiger partial charge on any atom is 0.0622 e. The second kappa shape index (κ2) is 10.6. The largest absolute Gasteiger partial charge is 0.399 e. The Morgan fingerprint density at radius 1 is 0.500 bits per heavy atom. The number of hydrogen-bond acceptors (Lipinski definition) is 4. The summed E-state index contributed by atoms with van der Waals surface area (Å²) in [5.41, 5.74) is 19.9. The molecular weight excluding hydrogens is 483 g/mol. The summed E-state index contributed by atoms with van der Waals surface area (Å²) in [6.07, 6.45) is 0. The summed E-state index contributed by atoms with van der Waals surface area (Å²) in [5, 5.41) is 2.53. The van der Waals surface area contributed by atoms with E-state index in [4.69, 9.17) is 16.2 Å². The molecule has 0 aliphatic rings. The zero-order valence-corrected chi connectivity index (χ0v) is 22.9. The number of aryl methyl sites for hydroxylation is 2. The third kappa shape index (κ3) is 5.37. The van der Waals surface area contributed by atoms with E-state index in [0.717, 1.165) is 34.1 Å². The molecule has 0 fully saturated rings. The van der Waals surface area contributed by atoms with Gasteiger partial charge in [-0.05, 0) is 104 Å². The molecular formula is C33H33N4P. The Morgan fingerprint density at radius 3 is 1.21 bits per heavy atom. The van der Waals surface area contributed by atoms with Gasteiger partial charge in [0.05, 0.1) is 5.69 Å². The number of anilines is 5. The van der Waals surface area contributed by atoms with Gasteiger partial charge in [-0.2, -0.15) is 0 Å². The SMILES string of the molecule is Cc1ccc(P(C)(=Nc2ccc(N(c3ccc(N)cc3)c3ccc(N)cc3)cc2)c2ccc(C)cc2)cc1. The molecule has 5 rings (SSSR count). The predicted octanol–water partition coefficient (Wildman–Crippen LogP) is 8.05. The molecule has 5 aromatic rings. The van der Waals surface area contributed by atoms with Crippen molar-refractivity contribution in [3.05, 3.63) is 132 Å². The first-order valence-electron chi connectivity index (χ1n) is 12.7. The van der Waals surface area contributed by atoms with Crippen LogP contribution in [0.1, 0.15) is 11.1 Å². The lowest BCUT2D eigenvalue weighted by atomic mass is 10.1. The summed E-state index contributed by atoms with van der Waals surface area (Å²) in [6, 6.07) is 41.9. The lowest BCUT2D eigenvalue weighted by Gasteiger charge is -2.26. The van der Waals surface area contributed by atoms with Gasteiger partial charge in [0.25, 0.3) is 0 Å². The van der Waals surface area contributed by atoms with Gasteiger partial charge in [-0.3, -0.25) is 4.74 Å². The van der Waals surface area contributed by atoms with Crippen LogP contribution in [0.2, 0.25) is 0 Å². The Balaban J connectivity index is 1.59. The molecule has 5 heteroatoms. The van der Waals surface area contributed by atoms with Gasteiger partial charge < -0.3 is 16.4 Å². The molecule has 0 aliphatic heterocycles. The molecule has 0 bridgehead atoms. The Kier molecular flexibility index (Phi) is 7.09. The van der Waals surface area contributed by atoms with Crippen LogP contribution < -0.4 is 27.0 Å². The lowest BCUT2D eigenvalue weighted by Crippen LogP contribution is -2.15. The standard InChI is InChI=1S/C33H33N4P/c1-24-4-20-32(21-5-24)38(3,33-22-6-25(2)7-23-33)36-28-12-18-31(19-13-28)37(29-14-8-26(34)9-15-29)30-16-10-27(35)11-17-30/h4-23H,34-35H2,1-3H3. The molecule has 0 saturated heterocycles. The highest BCUT2D eigenvalue weighted by atomic mass is 31.2. The summed E-state index contributed by atoms with van der Waals surface area (Å²) in [4.78, 5) is 2.19. The second-order valence-electron chi connectivity index (χ2n) is 9.76. The maximum absolute atomic E-state index is 5.97. The van der Waals surface area contributed by atoms with Gasteiger partial charge in [-0.25, -0.2) is 0 Å². The normalized spacial score (nSPS) is 11.2. The van der Waals surface area contributed by atoms with Crippen molar-refractivity contribution in [3.63, 3.8) is 0 Å².